The topological polar surface area (TPSA) is 28.4 Å². The Hall–Kier alpha value is -1.10. The molecule has 0 bridgehead atoms. The van der Waals surface area contributed by atoms with Gasteiger partial charge in [-0.05, 0) is 37.0 Å². The Balaban J connectivity index is 1.75. The molecule has 0 fully saturated rings. The minimum Gasteiger partial charge on any atom is -0.468 e. The van der Waals surface area contributed by atoms with E-state index in [1.165, 1.54) is 4.88 Å². The first-order chi connectivity index (χ1) is 9.29. The van der Waals surface area contributed by atoms with Crippen molar-refractivity contribution in [3.05, 3.63) is 46.5 Å². The van der Waals surface area contributed by atoms with Crippen LogP contribution in [-0.2, 0) is 13.1 Å². The summed E-state index contributed by atoms with van der Waals surface area (Å²) in [4.78, 5) is 3.92. The molecule has 19 heavy (non-hydrogen) atoms. The summed E-state index contributed by atoms with van der Waals surface area (Å²) in [6.45, 7) is 8.37. The van der Waals surface area contributed by atoms with Crippen LogP contribution in [0.2, 0.25) is 0 Å². The molecule has 0 aliphatic carbocycles. The maximum absolute atomic E-state index is 5.31. The Bertz CT molecular complexity index is 439. The lowest BCUT2D eigenvalue weighted by Gasteiger charge is -2.27. The summed E-state index contributed by atoms with van der Waals surface area (Å²) in [6.07, 6.45) is 1.72. The van der Waals surface area contributed by atoms with Gasteiger partial charge in [-0.25, -0.2) is 0 Å². The fourth-order valence-electron chi connectivity index (χ4n) is 2.13. The third kappa shape index (κ3) is 4.49. The molecule has 2 aromatic heterocycles. The molecule has 104 valence electrons. The van der Waals surface area contributed by atoms with E-state index in [0.29, 0.717) is 6.04 Å². The average Bonchev–Trinajstić information content (AvgIpc) is 3.08. The van der Waals surface area contributed by atoms with E-state index in [4.69, 9.17) is 4.42 Å². The normalized spacial score (nSPS) is 13.0. The van der Waals surface area contributed by atoms with Crippen LogP contribution in [0.25, 0.3) is 0 Å². The van der Waals surface area contributed by atoms with Gasteiger partial charge in [-0.2, -0.15) is 0 Å². The predicted octanol–water partition coefficient (Wildman–Crippen LogP) is 3.34. The van der Waals surface area contributed by atoms with Gasteiger partial charge in [-0.15, -0.1) is 11.3 Å². The number of likely N-dealkylation sites (N-methyl/N-ethyl adjacent to an activating group) is 1. The van der Waals surface area contributed by atoms with Crippen LogP contribution >= 0.6 is 11.3 Å². The summed E-state index contributed by atoms with van der Waals surface area (Å²) in [5.41, 5.74) is 0. The Morgan fingerprint density at radius 3 is 2.89 bits per heavy atom. The van der Waals surface area contributed by atoms with Crippen LogP contribution in [0, 0.1) is 0 Å². The minimum absolute atomic E-state index is 0.516. The maximum atomic E-state index is 5.31. The monoisotopic (exact) mass is 278 g/mol. The molecular weight excluding hydrogens is 256 g/mol. The van der Waals surface area contributed by atoms with Crippen molar-refractivity contribution in [3.63, 3.8) is 0 Å². The lowest BCUT2D eigenvalue weighted by molar-refractivity contribution is 0.206. The zero-order chi connectivity index (χ0) is 13.5. The molecule has 2 heterocycles. The van der Waals surface area contributed by atoms with E-state index in [2.05, 4.69) is 41.6 Å². The Morgan fingerprint density at radius 2 is 2.26 bits per heavy atom. The van der Waals surface area contributed by atoms with E-state index in [-0.39, 0.29) is 0 Å². The summed E-state index contributed by atoms with van der Waals surface area (Å²) in [6, 6.07) is 8.77. The van der Waals surface area contributed by atoms with Gasteiger partial charge in [0.2, 0.25) is 0 Å². The SMILES string of the molecule is CCN(Cc1cccs1)C(C)CNCc1ccco1. The fraction of sp³-hybridized carbons (Fsp3) is 0.467. The zero-order valence-electron chi connectivity index (χ0n) is 11.6. The highest BCUT2D eigenvalue weighted by Gasteiger charge is 2.12. The molecule has 2 rings (SSSR count). The third-order valence-corrected chi connectivity index (χ3v) is 4.15. The van der Waals surface area contributed by atoms with Gasteiger partial charge in [-0.3, -0.25) is 4.90 Å². The van der Waals surface area contributed by atoms with Crippen LogP contribution in [0.15, 0.2) is 40.3 Å². The van der Waals surface area contributed by atoms with E-state index in [0.717, 1.165) is 31.9 Å². The molecule has 0 spiro atoms. The van der Waals surface area contributed by atoms with Crippen molar-refractivity contribution in [3.8, 4) is 0 Å². The van der Waals surface area contributed by atoms with Crippen LogP contribution in [0.3, 0.4) is 0 Å². The van der Waals surface area contributed by atoms with Gasteiger partial charge in [0.25, 0.3) is 0 Å². The van der Waals surface area contributed by atoms with Crippen molar-refractivity contribution in [2.45, 2.75) is 33.0 Å². The van der Waals surface area contributed by atoms with E-state index in [1.807, 2.05) is 23.5 Å². The number of hydrogen-bond donors (Lipinski definition) is 1. The molecule has 0 aromatic carbocycles. The number of nitrogens with one attached hydrogen (secondary N) is 1. The average molecular weight is 278 g/mol. The molecule has 0 saturated heterocycles. The van der Waals surface area contributed by atoms with Crippen molar-refractivity contribution in [1.82, 2.24) is 10.2 Å². The first kappa shape index (κ1) is 14.3. The summed E-state index contributed by atoms with van der Waals surface area (Å²) >= 11 is 1.83. The van der Waals surface area contributed by atoms with Crippen LogP contribution in [0.4, 0.5) is 0 Å². The number of thiophene rings is 1. The highest BCUT2D eigenvalue weighted by molar-refractivity contribution is 7.09. The van der Waals surface area contributed by atoms with Crippen LogP contribution in [-0.4, -0.2) is 24.0 Å². The van der Waals surface area contributed by atoms with Crippen LogP contribution < -0.4 is 5.32 Å². The summed E-state index contributed by atoms with van der Waals surface area (Å²) < 4.78 is 5.31. The summed E-state index contributed by atoms with van der Waals surface area (Å²) in [5.74, 6) is 0.994. The lowest BCUT2D eigenvalue weighted by atomic mass is 10.2. The Labute approximate surface area is 119 Å². The van der Waals surface area contributed by atoms with Crippen molar-refractivity contribution in [2.75, 3.05) is 13.1 Å². The Morgan fingerprint density at radius 1 is 1.37 bits per heavy atom. The zero-order valence-corrected chi connectivity index (χ0v) is 12.5. The number of furan rings is 1. The third-order valence-electron chi connectivity index (χ3n) is 3.29. The highest BCUT2D eigenvalue weighted by atomic mass is 32.1. The maximum Gasteiger partial charge on any atom is 0.117 e. The van der Waals surface area contributed by atoms with Crippen molar-refractivity contribution in [1.29, 1.82) is 0 Å². The fourth-order valence-corrected chi connectivity index (χ4v) is 2.86. The summed E-state index contributed by atoms with van der Waals surface area (Å²) in [7, 11) is 0. The smallest absolute Gasteiger partial charge is 0.117 e. The minimum atomic E-state index is 0.516. The van der Waals surface area contributed by atoms with Crippen LogP contribution in [0.5, 0.6) is 0 Å². The van der Waals surface area contributed by atoms with Gasteiger partial charge in [-0.1, -0.05) is 13.0 Å². The van der Waals surface area contributed by atoms with Gasteiger partial charge >= 0.3 is 0 Å². The number of rotatable bonds is 8. The number of nitrogens with zero attached hydrogens (tertiary/aromatic N) is 1. The first-order valence-electron chi connectivity index (χ1n) is 6.79. The second-order valence-electron chi connectivity index (χ2n) is 4.70. The van der Waals surface area contributed by atoms with E-state index in [1.54, 1.807) is 6.26 Å². The molecule has 0 saturated carbocycles. The van der Waals surface area contributed by atoms with Gasteiger partial charge in [0.05, 0.1) is 12.8 Å². The molecule has 3 nitrogen and oxygen atoms in total. The second-order valence-corrected chi connectivity index (χ2v) is 5.73. The van der Waals surface area contributed by atoms with Crippen molar-refractivity contribution < 1.29 is 4.42 Å². The molecule has 0 amide bonds. The first-order valence-corrected chi connectivity index (χ1v) is 7.67. The van der Waals surface area contributed by atoms with Crippen molar-refractivity contribution in [2.24, 2.45) is 0 Å². The standard InChI is InChI=1S/C15H22N2OS/c1-3-17(12-15-7-5-9-19-15)13(2)10-16-11-14-6-4-8-18-14/h4-9,13,16H,3,10-12H2,1-2H3. The molecule has 2 aromatic rings. The molecule has 1 N–H and O–H groups in total. The Kier molecular flexibility index (Phi) is 5.63. The van der Waals surface area contributed by atoms with Gasteiger partial charge in [0.15, 0.2) is 0 Å². The molecule has 0 radical (unpaired) electrons. The molecular formula is C15H22N2OS. The lowest BCUT2D eigenvalue weighted by Crippen LogP contribution is -2.39. The summed E-state index contributed by atoms with van der Waals surface area (Å²) in [5, 5.41) is 5.59. The van der Waals surface area contributed by atoms with Gasteiger partial charge in [0.1, 0.15) is 5.76 Å². The molecule has 1 unspecified atom stereocenters. The largest absolute Gasteiger partial charge is 0.468 e. The second kappa shape index (κ2) is 7.48. The number of hydrogen-bond acceptors (Lipinski definition) is 4. The van der Waals surface area contributed by atoms with E-state index < -0.39 is 0 Å². The van der Waals surface area contributed by atoms with Crippen LogP contribution in [0.1, 0.15) is 24.5 Å². The van der Waals surface area contributed by atoms with E-state index in [9.17, 15) is 0 Å². The van der Waals surface area contributed by atoms with Crippen molar-refractivity contribution >= 4 is 11.3 Å². The molecule has 0 aliphatic heterocycles. The quantitative estimate of drug-likeness (QED) is 0.803. The molecule has 4 heteroatoms. The van der Waals surface area contributed by atoms with E-state index >= 15 is 0 Å². The molecule has 0 aliphatic rings. The van der Waals surface area contributed by atoms with Gasteiger partial charge < -0.3 is 9.73 Å². The predicted molar refractivity (Wildman–Crippen MR) is 80.3 cm³/mol. The molecule has 1 atom stereocenters. The van der Waals surface area contributed by atoms with Gasteiger partial charge in [0, 0.05) is 24.0 Å². The highest BCUT2D eigenvalue weighted by Crippen LogP contribution is 2.13.